The zero-order valence-corrected chi connectivity index (χ0v) is 18.0. The number of furan rings is 1. The highest BCUT2D eigenvalue weighted by Crippen LogP contribution is 2.28. The van der Waals surface area contributed by atoms with Crippen LogP contribution in [0.4, 0.5) is 0 Å². The van der Waals surface area contributed by atoms with Gasteiger partial charge in [-0.1, -0.05) is 5.21 Å². The second-order valence-corrected chi connectivity index (χ2v) is 9.27. The van der Waals surface area contributed by atoms with Gasteiger partial charge in [-0.05, 0) is 49.6 Å². The number of benzene rings is 1. The topological polar surface area (TPSA) is 120 Å². The summed E-state index contributed by atoms with van der Waals surface area (Å²) in [6, 6.07) is 7.50. The van der Waals surface area contributed by atoms with Gasteiger partial charge in [0.15, 0.2) is 0 Å². The van der Waals surface area contributed by atoms with E-state index in [1.165, 1.54) is 16.6 Å². The van der Waals surface area contributed by atoms with Crippen molar-refractivity contribution < 1.29 is 22.4 Å². The van der Waals surface area contributed by atoms with Gasteiger partial charge >= 0.3 is 0 Å². The van der Waals surface area contributed by atoms with Gasteiger partial charge < -0.3 is 14.5 Å². The van der Waals surface area contributed by atoms with E-state index in [4.69, 9.17) is 9.15 Å². The van der Waals surface area contributed by atoms with E-state index >= 15 is 0 Å². The highest BCUT2D eigenvalue weighted by molar-refractivity contribution is 7.89. The molecule has 4 rings (SSSR count). The van der Waals surface area contributed by atoms with E-state index in [2.05, 4.69) is 15.6 Å². The first-order valence-electron chi connectivity index (χ1n) is 10.1. The highest BCUT2D eigenvalue weighted by atomic mass is 32.2. The quantitative estimate of drug-likeness (QED) is 0.494. The predicted octanol–water partition coefficient (Wildman–Crippen LogP) is 1.53. The number of aryl methyl sites for hydroxylation is 1. The SMILES string of the molecule is COCCCn1nnc2cc(S(=O)(=O)N3CCC[C@@H]3C(=O)NCc3ccco3)ccc21. The molecule has 1 amide bonds. The van der Waals surface area contributed by atoms with Crippen LogP contribution in [0.1, 0.15) is 25.0 Å². The van der Waals surface area contributed by atoms with Crippen LogP contribution in [-0.4, -0.2) is 59.9 Å². The fraction of sp³-hybridized carbons (Fsp3) is 0.450. The van der Waals surface area contributed by atoms with Crippen LogP contribution in [0, 0.1) is 0 Å². The van der Waals surface area contributed by atoms with E-state index in [9.17, 15) is 13.2 Å². The maximum atomic E-state index is 13.3. The van der Waals surface area contributed by atoms with Gasteiger partial charge in [0.05, 0.1) is 23.2 Å². The zero-order chi connectivity index (χ0) is 21.8. The summed E-state index contributed by atoms with van der Waals surface area (Å²) in [5.74, 6) is 0.280. The lowest BCUT2D eigenvalue weighted by Crippen LogP contribution is -2.45. The Kier molecular flexibility index (Phi) is 6.35. The number of amides is 1. The van der Waals surface area contributed by atoms with Crippen LogP contribution in [0.5, 0.6) is 0 Å². The summed E-state index contributed by atoms with van der Waals surface area (Å²) >= 11 is 0. The van der Waals surface area contributed by atoms with Gasteiger partial charge in [-0.25, -0.2) is 13.1 Å². The Morgan fingerprint density at radius 1 is 1.35 bits per heavy atom. The van der Waals surface area contributed by atoms with E-state index in [0.717, 1.165) is 11.9 Å². The van der Waals surface area contributed by atoms with E-state index in [1.54, 1.807) is 36.1 Å². The van der Waals surface area contributed by atoms with Crippen molar-refractivity contribution in [2.45, 2.75) is 43.3 Å². The molecule has 0 bridgehead atoms. The predicted molar refractivity (Wildman–Crippen MR) is 111 cm³/mol. The number of methoxy groups -OCH3 is 1. The molecule has 3 heterocycles. The average Bonchev–Trinajstić information content (AvgIpc) is 3.52. The number of ether oxygens (including phenoxy) is 1. The monoisotopic (exact) mass is 447 g/mol. The Morgan fingerprint density at radius 2 is 2.23 bits per heavy atom. The number of fused-ring (bicyclic) bond motifs is 1. The second kappa shape index (κ2) is 9.16. The number of sulfonamides is 1. The third-order valence-corrected chi connectivity index (χ3v) is 7.24. The van der Waals surface area contributed by atoms with Crippen LogP contribution in [0.25, 0.3) is 11.0 Å². The molecule has 0 saturated carbocycles. The Balaban J connectivity index is 1.51. The lowest BCUT2D eigenvalue weighted by atomic mass is 10.2. The molecule has 0 radical (unpaired) electrons. The van der Waals surface area contributed by atoms with Crippen molar-refractivity contribution in [3.8, 4) is 0 Å². The molecule has 1 atom stereocenters. The Morgan fingerprint density at radius 3 is 3.00 bits per heavy atom. The van der Waals surface area contributed by atoms with Crippen molar-refractivity contribution >= 4 is 27.0 Å². The summed E-state index contributed by atoms with van der Waals surface area (Å²) in [6.07, 6.45) is 3.40. The lowest BCUT2D eigenvalue weighted by molar-refractivity contribution is -0.124. The first kappa shape index (κ1) is 21.5. The second-order valence-electron chi connectivity index (χ2n) is 7.38. The number of rotatable bonds is 9. The van der Waals surface area contributed by atoms with Crippen molar-refractivity contribution in [1.82, 2.24) is 24.6 Å². The summed E-state index contributed by atoms with van der Waals surface area (Å²) in [5, 5.41) is 11.0. The van der Waals surface area contributed by atoms with E-state index in [1.807, 2.05) is 0 Å². The minimum atomic E-state index is -3.86. The van der Waals surface area contributed by atoms with Crippen LogP contribution in [0.15, 0.2) is 45.9 Å². The third-order valence-electron chi connectivity index (χ3n) is 5.33. The molecule has 1 aromatic carbocycles. The van der Waals surface area contributed by atoms with Gasteiger partial charge in [-0.3, -0.25) is 4.79 Å². The van der Waals surface area contributed by atoms with Crippen LogP contribution in [0.2, 0.25) is 0 Å². The molecule has 0 unspecified atom stereocenters. The molecular weight excluding hydrogens is 422 g/mol. The Bertz CT molecular complexity index is 1140. The molecule has 166 valence electrons. The fourth-order valence-electron chi connectivity index (χ4n) is 3.77. The molecule has 10 nitrogen and oxygen atoms in total. The molecule has 1 aliphatic rings. The van der Waals surface area contributed by atoms with Gasteiger partial charge in [0.2, 0.25) is 15.9 Å². The first-order chi connectivity index (χ1) is 15.0. The number of carbonyl (C=O) groups is 1. The molecule has 0 aliphatic carbocycles. The molecule has 0 spiro atoms. The van der Waals surface area contributed by atoms with Crippen molar-refractivity contribution in [3.05, 3.63) is 42.4 Å². The van der Waals surface area contributed by atoms with Crippen LogP contribution in [-0.2, 0) is 32.6 Å². The number of nitrogens with one attached hydrogen (secondary N) is 1. The molecule has 1 aliphatic heterocycles. The van der Waals surface area contributed by atoms with Gasteiger partial charge in [-0.2, -0.15) is 4.31 Å². The van der Waals surface area contributed by atoms with E-state index in [-0.39, 0.29) is 17.3 Å². The van der Waals surface area contributed by atoms with E-state index < -0.39 is 16.1 Å². The standard InChI is InChI=1S/C20H25N5O5S/c1-29-11-4-9-24-18-8-7-16(13-17(18)22-23-24)31(27,28)25-10-2-6-19(25)20(26)21-14-15-5-3-12-30-15/h3,5,7-8,12-13,19H,2,4,6,9-11,14H2,1H3,(H,21,26)/t19-/m1/s1. The van der Waals surface area contributed by atoms with Crippen molar-refractivity contribution in [3.63, 3.8) is 0 Å². The Hall–Kier alpha value is -2.76. The first-order valence-corrected chi connectivity index (χ1v) is 11.6. The number of hydrogen-bond donors (Lipinski definition) is 1. The van der Waals surface area contributed by atoms with Gasteiger partial charge in [0, 0.05) is 26.8 Å². The Labute approximate surface area is 180 Å². The molecular formula is C20H25N5O5S. The van der Waals surface area contributed by atoms with Crippen molar-refractivity contribution in [1.29, 1.82) is 0 Å². The van der Waals surface area contributed by atoms with Crippen LogP contribution in [0.3, 0.4) is 0 Å². The van der Waals surface area contributed by atoms with E-state index in [0.29, 0.717) is 43.8 Å². The molecule has 1 N–H and O–H groups in total. The summed E-state index contributed by atoms with van der Waals surface area (Å²) in [5.41, 5.74) is 1.25. The maximum absolute atomic E-state index is 13.3. The normalized spacial score (nSPS) is 17.4. The van der Waals surface area contributed by atoms with Crippen molar-refractivity contribution in [2.24, 2.45) is 0 Å². The number of hydrogen-bond acceptors (Lipinski definition) is 7. The summed E-state index contributed by atoms with van der Waals surface area (Å²) < 4.78 is 39.9. The maximum Gasteiger partial charge on any atom is 0.243 e. The lowest BCUT2D eigenvalue weighted by Gasteiger charge is -2.23. The largest absolute Gasteiger partial charge is 0.467 e. The average molecular weight is 448 g/mol. The number of nitrogens with zero attached hydrogens (tertiary/aromatic N) is 4. The molecule has 3 aromatic rings. The van der Waals surface area contributed by atoms with Crippen molar-refractivity contribution in [2.75, 3.05) is 20.3 Å². The minimum absolute atomic E-state index is 0.106. The number of carbonyl (C=O) groups excluding carboxylic acids is 1. The summed E-state index contributed by atoms with van der Waals surface area (Å²) in [6.45, 7) is 1.74. The summed E-state index contributed by atoms with van der Waals surface area (Å²) in [7, 11) is -2.22. The molecule has 2 aromatic heterocycles. The molecule has 1 saturated heterocycles. The van der Waals surface area contributed by atoms with Gasteiger partial charge in [-0.15, -0.1) is 5.10 Å². The third kappa shape index (κ3) is 4.48. The smallest absolute Gasteiger partial charge is 0.243 e. The minimum Gasteiger partial charge on any atom is -0.467 e. The van der Waals surface area contributed by atoms with Crippen LogP contribution < -0.4 is 5.32 Å². The zero-order valence-electron chi connectivity index (χ0n) is 17.2. The fourth-order valence-corrected chi connectivity index (χ4v) is 5.44. The summed E-state index contributed by atoms with van der Waals surface area (Å²) in [4.78, 5) is 12.8. The molecule has 31 heavy (non-hydrogen) atoms. The number of aromatic nitrogens is 3. The molecule has 1 fully saturated rings. The molecule has 11 heteroatoms. The van der Waals surface area contributed by atoms with Gasteiger partial charge in [0.1, 0.15) is 17.3 Å². The van der Waals surface area contributed by atoms with Crippen LogP contribution >= 0.6 is 0 Å². The van der Waals surface area contributed by atoms with Gasteiger partial charge in [0.25, 0.3) is 0 Å². The highest BCUT2D eigenvalue weighted by Gasteiger charge is 2.39.